The summed E-state index contributed by atoms with van der Waals surface area (Å²) in [5.41, 5.74) is 13.6. The maximum absolute atomic E-state index is 15.8. The Morgan fingerprint density at radius 3 is 0.492 bits per heavy atom. The second-order valence-electron chi connectivity index (χ2n) is 37.1. The highest BCUT2D eigenvalue weighted by Crippen LogP contribution is 2.33. The van der Waals surface area contributed by atoms with Crippen LogP contribution in [0.4, 0.5) is 0 Å². The molecule has 666 valence electrons. The van der Waals surface area contributed by atoms with E-state index in [4.69, 9.17) is 0 Å². The third-order valence-electron chi connectivity index (χ3n) is 23.3. The van der Waals surface area contributed by atoms with Gasteiger partial charge in [0.15, 0.2) is 0 Å². The highest BCUT2D eigenvalue weighted by atomic mass is 32.2. The lowest BCUT2D eigenvalue weighted by atomic mass is 9.87. The van der Waals surface area contributed by atoms with E-state index in [9.17, 15) is 0 Å². The van der Waals surface area contributed by atoms with Gasteiger partial charge < -0.3 is 0 Å². The van der Waals surface area contributed by atoms with E-state index < -0.39 is 40.1 Å². The third-order valence-corrected chi connectivity index (χ3v) is 30.7. The molecule has 0 aromatic heterocycles. The van der Waals surface area contributed by atoms with Crippen molar-refractivity contribution < 1.29 is 33.7 Å². The van der Waals surface area contributed by atoms with Crippen LogP contribution >= 0.6 is 0 Å². The predicted octanol–water partition coefficient (Wildman–Crippen LogP) is 23.0. The molecule has 18 heteroatoms. The first-order valence-corrected chi connectivity index (χ1v) is 49.8. The Kier molecular flexibility index (Phi) is 32.4. The maximum Gasteiger partial charge on any atom is 0.243 e. The van der Waals surface area contributed by atoms with E-state index in [1.807, 2.05) is 316 Å². The van der Waals surface area contributed by atoms with Crippen molar-refractivity contribution in [3.63, 3.8) is 0 Å². The van der Waals surface area contributed by atoms with Gasteiger partial charge in [-0.15, -0.1) is 0 Å². The molecule has 0 aliphatic heterocycles. The second-order valence-corrected chi connectivity index (χ2v) is 44.8. The van der Waals surface area contributed by atoms with Crippen molar-refractivity contribution in [3.05, 3.63) is 404 Å². The van der Waals surface area contributed by atoms with Crippen LogP contribution in [0.3, 0.4) is 0 Å². The topological polar surface area (TPSA) is 156 Å². The summed E-state index contributed by atoms with van der Waals surface area (Å²) in [7, 11) is -17.2. The average Bonchev–Trinajstić information content (AvgIpc) is 0.805. The van der Waals surface area contributed by atoms with Crippen LogP contribution in [0.2, 0.25) is 0 Å². The fourth-order valence-corrected chi connectivity index (χ4v) is 20.7. The van der Waals surface area contributed by atoms with E-state index in [-0.39, 0.29) is 133 Å². The van der Waals surface area contributed by atoms with Gasteiger partial charge in [0.1, 0.15) is 0 Å². The lowest BCUT2D eigenvalue weighted by Crippen LogP contribution is -2.47. The van der Waals surface area contributed by atoms with Crippen molar-refractivity contribution in [2.24, 2.45) is 0 Å². The van der Waals surface area contributed by atoms with Crippen LogP contribution in [0.15, 0.2) is 335 Å². The van der Waals surface area contributed by atoms with E-state index in [1.165, 1.54) is 17.2 Å². The van der Waals surface area contributed by atoms with Crippen molar-refractivity contribution in [1.29, 1.82) is 0 Å². The normalized spacial score (nSPS) is 13.0. The molecule has 0 fully saturated rings. The molecule has 0 aliphatic carbocycles. The maximum atomic E-state index is 15.8. The predicted molar refractivity (Wildman–Crippen MR) is 531 cm³/mol. The summed E-state index contributed by atoms with van der Waals surface area (Å²) in [4.78, 5) is 4.64. The SMILES string of the molecule is CC(C)(C)c1ccc(S(=O)(=O)N(CCN(CCN(CCN(Cc2ccc(/C=C/c3ccccc3)cc2)S(=O)(=O)c2ccc(C(C)(C)C)cc2)CCN(Cc2ccc(/C=C/c3ccccc3)cc2)S(=O)(=O)c2ccc(C(C)(C)C)cc2)CCN(Cc2ccc(/C=C/c3ccccc3)cc2)S(=O)(=O)c2ccc(C(C)(C)C)cc2)Cc2ccc(/C=C\c3ccccc3)cc2)cc1. The van der Waals surface area contributed by atoms with Crippen LogP contribution in [0, 0.1) is 0 Å². The largest absolute Gasteiger partial charge is 0.299 e. The summed E-state index contributed by atoms with van der Waals surface area (Å²) in [5, 5.41) is 0. The van der Waals surface area contributed by atoms with E-state index in [1.54, 1.807) is 48.5 Å². The van der Waals surface area contributed by atoms with Crippen molar-refractivity contribution in [3.8, 4) is 0 Å². The van der Waals surface area contributed by atoms with Gasteiger partial charge in [0.25, 0.3) is 0 Å². The van der Waals surface area contributed by atoms with Gasteiger partial charge in [-0.25, -0.2) is 33.7 Å². The molecule has 12 rings (SSSR count). The fourth-order valence-electron chi connectivity index (χ4n) is 15.0. The molecule has 0 atom stereocenters. The molecule has 128 heavy (non-hydrogen) atoms. The number of nitrogens with zero attached hydrogens (tertiary/aromatic N) is 6. The minimum atomic E-state index is -4.29. The zero-order chi connectivity index (χ0) is 91.3. The summed E-state index contributed by atoms with van der Waals surface area (Å²) in [6.45, 7) is 25.4. The van der Waals surface area contributed by atoms with E-state index in [2.05, 4.69) is 92.9 Å². The molecule has 12 aromatic rings. The smallest absolute Gasteiger partial charge is 0.243 e. The Morgan fingerprint density at radius 2 is 0.336 bits per heavy atom. The van der Waals surface area contributed by atoms with Crippen molar-refractivity contribution >= 4 is 88.7 Å². The lowest BCUT2D eigenvalue weighted by molar-refractivity contribution is 0.173. The summed E-state index contributed by atoms with van der Waals surface area (Å²) in [6, 6.07) is 99.8. The van der Waals surface area contributed by atoms with E-state index in [0.29, 0.717) is 0 Å². The van der Waals surface area contributed by atoms with E-state index >= 15 is 33.7 Å². The molecule has 0 saturated heterocycles. The first-order valence-electron chi connectivity index (χ1n) is 44.1. The molecule has 0 N–H and O–H groups in total. The molecule has 14 nitrogen and oxygen atoms in total. The van der Waals surface area contributed by atoms with Gasteiger partial charge in [-0.2, -0.15) is 17.2 Å². The van der Waals surface area contributed by atoms with Crippen molar-refractivity contribution in [2.75, 3.05) is 65.4 Å². The Balaban J connectivity index is 0.959. The van der Waals surface area contributed by atoms with Gasteiger partial charge in [-0.3, -0.25) is 9.80 Å². The Morgan fingerprint density at radius 1 is 0.188 bits per heavy atom. The van der Waals surface area contributed by atoms with Gasteiger partial charge in [-0.1, -0.05) is 399 Å². The first-order chi connectivity index (χ1) is 60.9. The Hall–Kier alpha value is -10.8. The van der Waals surface area contributed by atoms with Gasteiger partial charge in [-0.05, 0) is 159 Å². The molecule has 12 aromatic carbocycles. The van der Waals surface area contributed by atoms with Crippen LogP contribution in [-0.4, -0.2) is 126 Å². The quantitative estimate of drug-likeness (QED) is 0.0340. The average molecular weight is 1790 g/mol. The molecular formula is C110H124N6O8S4. The number of benzene rings is 12. The molecule has 0 amide bonds. The van der Waals surface area contributed by atoms with Crippen LogP contribution in [0.5, 0.6) is 0 Å². The molecule has 0 heterocycles. The molecule has 0 saturated carbocycles. The molecule has 0 spiro atoms. The molecular weight excluding hydrogens is 1660 g/mol. The molecule has 0 unspecified atom stereocenters. The summed E-state index contributed by atoms with van der Waals surface area (Å²) in [6.07, 6.45) is 16.2. The van der Waals surface area contributed by atoms with Crippen LogP contribution in [-0.2, 0) is 87.9 Å². The van der Waals surface area contributed by atoms with Gasteiger partial charge in [0.2, 0.25) is 40.1 Å². The van der Waals surface area contributed by atoms with Crippen molar-refractivity contribution in [2.45, 2.75) is 151 Å². The Bertz CT molecular complexity index is 5410. The van der Waals surface area contributed by atoms with Gasteiger partial charge in [0, 0.05) is 91.6 Å². The fraction of sp³-hybridized carbons (Fsp3) is 0.273. The first kappa shape index (κ1) is 96.2. The lowest BCUT2D eigenvalue weighted by Gasteiger charge is -2.33. The molecule has 0 bridgehead atoms. The van der Waals surface area contributed by atoms with Crippen LogP contribution in [0.1, 0.15) is 172 Å². The Labute approximate surface area is 764 Å². The molecule has 0 aliphatic rings. The van der Waals surface area contributed by atoms with Gasteiger partial charge in [0.05, 0.1) is 19.6 Å². The number of sulfonamides is 4. The van der Waals surface area contributed by atoms with Crippen LogP contribution in [0.25, 0.3) is 48.6 Å². The van der Waals surface area contributed by atoms with E-state index in [0.717, 1.165) is 89.0 Å². The second kappa shape index (κ2) is 43.1. The van der Waals surface area contributed by atoms with Crippen LogP contribution < -0.4 is 0 Å². The highest BCUT2D eigenvalue weighted by Gasteiger charge is 2.33. The summed E-state index contributed by atoms with van der Waals surface area (Å²) < 4.78 is 133. The number of hydrogen-bond donors (Lipinski definition) is 0. The van der Waals surface area contributed by atoms with Gasteiger partial charge >= 0.3 is 0 Å². The monoisotopic (exact) mass is 1780 g/mol. The highest BCUT2D eigenvalue weighted by molar-refractivity contribution is 7.90. The summed E-state index contributed by atoms with van der Waals surface area (Å²) in [5.74, 6) is 0. The number of hydrogen-bond acceptors (Lipinski definition) is 10. The van der Waals surface area contributed by atoms with Crippen molar-refractivity contribution in [1.82, 2.24) is 27.0 Å². The zero-order valence-electron chi connectivity index (χ0n) is 76.1. The zero-order valence-corrected chi connectivity index (χ0v) is 79.4. The summed E-state index contributed by atoms with van der Waals surface area (Å²) >= 11 is 0. The minimum absolute atomic E-state index is 0.0136. The standard InChI is InChI=1S/C110H124N6O8S4/c1-107(2,3)99-57-65-103(66-58-99)125(117,118)113(83-95-49-41-91(42-50-95)37-33-87-25-17-13-18-26-87)79-75-111(76-80-114(126(119,120)104-67-59-100(60-68-104)108(4,5)6)84-96-51-43-92(44-52-96)38-34-88-27-19-14-20-28-88)73-74-112(77-81-115(127(121,122)105-69-61-101(62-70-105)109(7,8)9)85-97-53-45-93(46-54-97)39-35-89-29-21-15-22-30-89)78-82-116(128(123,124)106-71-63-102(64-72-106)110(10,11)12)86-98-55-47-94(48-56-98)40-36-90-31-23-16-24-32-90/h13-72H,73-86H2,1-12H3/b37-33-,38-34+,39-35+,40-36+. The minimum Gasteiger partial charge on any atom is -0.299 e. The third kappa shape index (κ3) is 27.4. The molecule has 0 radical (unpaired) electrons. The number of rotatable bonds is 39.